The average Bonchev–Trinajstić information content (AvgIpc) is 2.29. The van der Waals surface area contributed by atoms with Crippen LogP contribution in [0.2, 0.25) is 0 Å². The van der Waals surface area contributed by atoms with Crippen LogP contribution in [0.4, 0.5) is 0 Å². The summed E-state index contributed by atoms with van der Waals surface area (Å²) in [6.07, 6.45) is 1.06. The van der Waals surface area contributed by atoms with Crippen molar-refractivity contribution >= 4 is 22.6 Å². The van der Waals surface area contributed by atoms with E-state index in [1.807, 2.05) is 24.3 Å². The second kappa shape index (κ2) is 5.46. The fourth-order valence-electron chi connectivity index (χ4n) is 1.37. The van der Waals surface area contributed by atoms with Crippen molar-refractivity contribution < 1.29 is 9.84 Å². The molecule has 0 bridgehead atoms. The largest absolute Gasteiger partial charge is 0.456 e. The zero-order valence-corrected chi connectivity index (χ0v) is 11.5. The van der Waals surface area contributed by atoms with Crippen LogP contribution in [0.25, 0.3) is 0 Å². The third-order valence-corrected chi connectivity index (χ3v) is 2.89. The van der Waals surface area contributed by atoms with E-state index >= 15 is 0 Å². The minimum Gasteiger partial charge on any atom is -0.456 e. The number of hydrogen-bond donors (Lipinski definition) is 1. The van der Waals surface area contributed by atoms with Gasteiger partial charge in [-0.15, -0.1) is 0 Å². The first-order chi connectivity index (χ1) is 8.15. The Kier molecular flexibility index (Phi) is 3.96. The number of hydrogen-bond acceptors (Lipinski definition) is 3. The molecule has 0 amide bonds. The van der Waals surface area contributed by atoms with Gasteiger partial charge >= 0.3 is 0 Å². The normalized spacial score (nSPS) is 12.2. The van der Waals surface area contributed by atoms with Gasteiger partial charge in [-0.25, -0.2) is 0 Å². The zero-order valence-electron chi connectivity index (χ0n) is 9.30. The van der Waals surface area contributed by atoms with E-state index in [1.165, 1.54) is 0 Å². The van der Waals surface area contributed by atoms with Gasteiger partial charge in [0.15, 0.2) is 0 Å². The first-order valence-electron chi connectivity index (χ1n) is 5.22. The molecule has 1 heterocycles. The molecule has 3 nitrogen and oxygen atoms in total. The summed E-state index contributed by atoms with van der Waals surface area (Å²) in [5.74, 6) is 1.44. The topological polar surface area (TPSA) is 42.4 Å². The molecule has 0 aliphatic carbocycles. The predicted molar refractivity (Wildman–Crippen MR) is 74.1 cm³/mol. The van der Waals surface area contributed by atoms with E-state index in [1.54, 1.807) is 25.3 Å². The van der Waals surface area contributed by atoms with Crippen LogP contribution in [0.1, 0.15) is 18.7 Å². The summed E-state index contributed by atoms with van der Waals surface area (Å²) in [5, 5.41) is 9.34. The van der Waals surface area contributed by atoms with Gasteiger partial charge in [0.25, 0.3) is 0 Å². The molecule has 1 atom stereocenters. The van der Waals surface area contributed by atoms with Crippen molar-refractivity contribution in [2.24, 2.45) is 0 Å². The molecule has 1 N–H and O–H groups in total. The summed E-state index contributed by atoms with van der Waals surface area (Å²) < 4.78 is 6.76. The maximum Gasteiger partial charge on any atom is 0.145 e. The third kappa shape index (κ3) is 3.41. The summed E-state index contributed by atoms with van der Waals surface area (Å²) in [7, 11) is 0. The lowest BCUT2D eigenvalue weighted by molar-refractivity contribution is 0.194. The standard InChI is InChI=1S/C13H12INO2/c1-9(16)13-6-5-12(8-15-13)17-11-4-2-3-10(14)7-11/h2-9,16H,1H3/t9-/m1/s1. The van der Waals surface area contributed by atoms with Crippen LogP contribution in [0.15, 0.2) is 42.6 Å². The molecule has 0 spiro atoms. The third-order valence-electron chi connectivity index (χ3n) is 2.22. The molecule has 0 aliphatic heterocycles. The van der Waals surface area contributed by atoms with Gasteiger partial charge in [0.1, 0.15) is 11.5 Å². The van der Waals surface area contributed by atoms with Crippen LogP contribution in [-0.4, -0.2) is 10.1 Å². The van der Waals surface area contributed by atoms with Gasteiger partial charge in [0.2, 0.25) is 0 Å². The molecule has 0 saturated carbocycles. The van der Waals surface area contributed by atoms with Gasteiger partial charge in [0.05, 0.1) is 18.0 Å². The molecule has 0 radical (unpaired) electrons. The average molecular weight is 341 g/mol. The van der Waals surface area contributed by atoms with Crippen molar-refractivity contribution in [1.29, 1.82) is 0 Å². The number of aliphatic hydroxyl groups excluding tert-OH is 1. The number of aliphatic hydroxyl groups is 1. The highest BCUT2D eigenvalue weighted by atomic mass is 127. The number of rotatable bonds is 3. The fourth-order valence-corrected chi connectivity index (χ4v) is 1.88. The first-order valence-corrected chi connectivity index (χ1v) is 6.30. The number of pyridine rings is 1. The lowest BCUT2D eigenvalue weighted by Crippen LogP contribution is -1.95. The van der Waals surface area contributed by atoms with Gasteiger partial charge in [-0.1, -0.05) is 6.07 Å². The lowest BCUT2D eigenvalue weighted by Gasteiger charge is -2.07. The maximum absolute atomic E-state index is 9.34. The van der Waals surface area contributed by atoms with Crippen molar-refractivity contribution in [3.8, 4) is 11.5 Å². The molecule has 0 unspecified atom stereocenters. The number of halogens is 1. The molecule has 17 heavy (non-hydrogen) atoms. The minimum absolute atomic E-state index is 0.554. The van der Waals surface area contributed by atoms with E-state index in [-0.39, 0.29) is 0 Å². The minimum atomic E-state index is -0.554. The summed E-state index contributed by atoms with van der Waals surface area (Å²) >= 11 is 2.23. The highest BCUT2D eigenvalue weighted by molar-refractivity contribution is 14.1. The second-order valence-electron chi connectivity index (χ2n) is 3.65. The van der Waals surface area contributed by atoms with Crippen LogP contribution in [0, 0.1) is 3.57 Å². The monoisotopic (exact) mass is 341 g/mol. The Bertz CT molecular complexity index is 497. The Morgan fingerprint density at radius 1 is 1.24 bits per heavy atom. The van der Waals surface area contributed by atoms with E-state index in [4.69, 9.17) is 4.74 Å². The SMILES string of the molecule is C[C@@H](O)c1ccc(Oc2cccc(I)c2)cn1. The van der Waals surface area contributed by atoms with Crippen LogP contribution in [0.3, 0.4) is 0 Å². The van der Waals surface area contributed by atoms with E-state index in [0.717, 1.165) is 9.32 Å². The highest BCUT2D eigenvalue weighted by Gasteiger charge is 2.03. The Morgan fingerprint density at radius 2 is 2.06 bits per heavy atom. The molecule has 88 valence electrons. The van der Waals surface area contributed by atoms with Gasteiger partial charge < -0.3 is 9.84 Å². The molecule has 2 aromatic rings. The Balaban J connectivity index is 2.14. The summed E-state index contributed by atoms with van der Waals surface area (Å²) in [4.78, 5) is 4.12. The van der Waals surface area contributed by atoms with Crippen molar-refractivity contribution in [3.05, 3.63) is 51.9 Å². The molecule has 4 heteroatoms. The summed E-state index contributed by atoms with van der Waals surface area (Å²) in [6, 6.07) is 11.3. The molecule has 2 rings (SSSR count). The van der Waals surface area contributed by atoms with Crippen LogP contribution >= 0.6 is 22.6 Å². The van der Waals surface area contributed by atoms with E-state index in [0.29, 0.717) is 11.4 Å². The zero-order chi connectivity index (χ0) is 12.3. The number of benzene rings is 1. The molecular weight excluding hydrogens is 329 g/mol. The number of nitrogens with zero attached hydrogens (tertiary/aromatic N) is 1. The smallest absolute Gasteiger partial charge is 0.145 e. The van der Waals surface area contributed by atoms with Crippen molar-refractivity contribution in [2.75, 3.05) is 0 Å². The maximum atomic E-state index is 9.34. The van der Waals surface area contributed by atoms with Gasteiger partial charge in [-0.2, -0.15) is 0 Å². The van der Waals surface area contributed by atoms with E-state index in [9.17, 15) is 5.11 Å². The van der Waals surface area contributed by atoms with Crippen LogP contribution < -0.4 is 4.74 Å². The fraction of sp³-hybridized carbons (Fsp3) is 0.154. The van der Waals surface area contributed by atoms with Crippen molar-refractivity contribution in [2.45, 2.75) is 13.0 Å². The summed E-state index contributed by atoms with van der Waals surface area (Å²) in [6.45, 7) is 1.68. The first kappa shape index (κ1) is 12.3. The Morgan fingerprint density at radius 3 is 2.65 bits per heavy atom. The molecule has 1 aromatic carbocycles. The van der Waals surface area contributed by atoms with E-state index < -0.39 is 6.10 Å². The summed E-state index contributed by atoms with van der Waals surface area (Å²) in [5.41, 5.74) is 0.639. The van der Waals surface area contributed by atoms with Gasteiger partial charge in [-0.3, -0.25) is 4.98 Å². The quantitative estimate of drug-likeness (QED) is 0.869. The molecular formula is C13H12INO2. The number of ether oxygens (including phenoxy) is 1. The predicted octanol–water partition coefficient (Wildman–Crippen LogP) is 3.53. The molecule has 1 aromatic heterocycles. The Hall–Kier alpha value is -1.14. The van der Waals surface area contributed by atoms with Crippen LogP contribution in [0.5, 0.6) is 11.5 Å². The van der Waals surface area contributed by atoms with Gasteiger partial charge in [0, 0.05) is 3.57 Å². The molecule has 0 fully saturated rings. The molecule has 0 aliphatic rings. The van der Waals surface area contributed by atoms with Crippen molar-refractivity contribution in [1.82, 2.24) is 4.98 Å². The molecule has 0 saturated heterocycles. The Labute approximate surface area is 114 Å². The van der Waals surface area contributed by atoms with Gasteiger partial charge in [-0.05, 0) is 59.8 Å². The lowest BCUT2D eigenvalue weighted by atomic mass is 10.2. The second-order valence-corrected chi connectivity index (χ2v) is 4.90. The van der Waals surface area contributed by atoms with E-state index in [2.05, 4.69) is 27.6 Å². The highest BCUT2D eigenvalue weighted by Crippen LogP contribution is 2.23. The van der Waals surface area contributed by atoms with Crippen molar-refractivity contribution in [3.63, 3.8) is 0 Å². The van der Waals surface area contributed by atoms with Crippen LogP contribution in [-0.2, 0) is 0 Å². The number of aromatic nitrogens is 1.